The SMILES string of the molecule is CC(O)OC(=O)c1cccc2cccc(C(=O)OC(C)O)c12. The van der Waals surface area contributed by atoms with E-state index in [-0.39, 0.29) is 11.1 Å². The predicted molar refractivity (Wildman–Crippen MR) is 78.1 cm³/mol. The highest BCUT2D eigenvalue weighted by Gasteiger charge is 2.20. The maximum atomic E-state index is 12.1. The summed E-state index contributed by atoms with van der Waals surface area (Å²) >= 11 is 0. The van der Waals surface area contributed by atoms with Crippen LogP contribution >= 0.6 is 0 Å². The van der Waals surface area contributed by atoms with E-state index < -0.39 is 24.5 Å². The first-order chi connectivity index (χ1) is 10.4. The van der Waals surface area contributed by atoms with Crippen molar-refractivity contribution in [2.75, 3.05) is 0 Å². The lowest BCUT2D eigenvalue weighted by Crippen LogP contribution is -2.17. The average Bonchev–Trinajstić information content (AvgIpc) is 2.44. The Labute approximate surface area is 126 Å². The van der Waals surface area contributed by atoms with Gasteiger partial charge in [0.05, 0.1) is 11.1 Å². The molecule has 0 spiro atoms. The second-order valence-corrected chi connectivity index (χ2v) is 4.72. The molecule has 0 saturated carbocycles. The van der Waals surface area contributed by atoms with Crippen molar-refractivity contribution < 1.29 is 29.3 Å². The number of carbonyl (C=O) groups excluding carboxylic acids is 2. The third kappa shape index (κ3) is 3.41. The lowest BCUT2D eigenvalue weighted by molar-refractivity contribution is -0.0528. The summed E-state index contributed by atoms with van der Waals surface area (Å²) < 4.78 is 9.55. The van der Waals surface area contributed by atoms with E-state index in [0.717, 1.165) is 0 Å². The number of hydrogen-bond acceptors (Lipinski definition) is 6. The normalized spacial score (nSPS) is 13.5. The maximum Gasteiger partial charge on any atom is 0.341 e. The fourth-order valence-corrected chi connectivity index (χ4v) is 2.12. The van der Waals surface area contributed by atoms with E-state index in [2.05, 4.69) is 0 Å². The van der Waals surface area contributed by atoms with Crippen molar-refractivity contribution in [3.05, 3.63) is 47.5 Å². The second kappa shape index (κ2) is 6.55. The zero-order chi connectivity index (χ0) is 16.3. The summed E-state index contributed by atoms with van der Waals surface area (Å²) in [5, 5.41) is 19.4. The summed E-state index contributed by atoms with van der Waals surface area (Å²) in [7, 11) is 0. The number of fused-ring (bicyclic) bond motifs is 1. The molecule has 2 atom stereocenters. The second-order valence-electron chi connectivity index (χ2n) is 4.72. The molecular weight excluding hydrogens is 288 g/mol. The number of rotatable bonds is 4. The molecule has 0 aliphatic rings. The Morgan fingerprint density at radius 3 is 1.64 bits per heavy atom. The zero-order valence-corrected chi connectivity index (χ0v) is 12.1. The van der Waals surface area contributed by atoms with Gasteiger partial charge >= 0.3 is 11.9 Å². The smallest absolute Gasteiger partial charge is 0.341 e. The molecule has 0 aromatic heterocycles. The highest BCUT2D eigenvalue weighted by atomic mass is 16.6. The Morgan fingerprint density at radius 1 is 0.864 bits per heavy atom. The Bertz CT molecular complexity index is 648. The fourth-order valence-electron chi connectivity index (χ4n) is 2.12. The van der Waals surface area contributed by atoms with Gasteiger partial charge in [-0.05, 0) is 31.4 Å². The molecule has 0 aliphatic heterocycles. The van der Waals surface area contributed by atoms with Crippen LogP contribution in [0.5, 0.6) is 0 Å². The summed E-state index contributed by atoms with van der Waals surface area (Å²) in [5.74, 6) is -1.50. The number of aliphatic hydroxyl groups is 2. The van der Waals surface area contributed by atoms with Gasteiger partial charge in [0.15, 0.2) is 12.6 Å². The largest absolute Gasteiger partial charge is 0.433 e. The van der Waals surface area contributed by atoms with Gasteiger partial charge in [0.2, 0.25) is 0 Å². The molecule has 116 valence electrons. The summed E-state index contributed by atoms with van der Waals surface area (Å²) in [5.41, 5.74) is 0.271. The van der Waals surface area contributed by atoms with Crippen LogP contribution in [0, 0.1) is 0 Å². The van der Waals surface area contributed by atoms with Gasteiger partial charge in [0, 0.05) is 5.39 Å². The number of hydrogen-bond donors (Lipinski definition) is 2. The average molecular weight is 304 g/mol. The van der Waals surface area contributed by atoms with Crippen LogP contribution < -0.4 is 0 Å². The van der Waals surface area contributed by atoms with Gasteiger partial charge < -0.3 is 19.7 Å². The van der Waals surface area contributed by atoms with Crippen molar-refractivity contribution in [1.82, 2.24) is 0 Å². The van der Waals surface area contributed by atoms with Gasteiger partial charge in [-0.15, -0.1) is 0 Å². The van der Waals surface area contributed by atoms with E-state index in [1.807, 2.05) is 0 Å². The summed E-state index contributed by atoms with van der Waals surface area (Å²) in [4.78, 5) is 24.2. The van der Waals surface area contributed by atoms with E-state index in [4.69, 9.17) is 9.47 Å². The predicted octanol–water partition coefficient (Wildman–Crippen LogP) is 1.83. The van der Waals surface area contributed by atoms with E-state index in [0.29, 0.717) is 10.8 Å². The maximum absolute atomic E-state index is 12.1. The molecule has 0 heterocycles. The number of ether oxygens (including phenoxy) is 2. The Hall–Kier alpha value is -2.44. The minimum absolute atomic E-state index is 0.136. The Morgan fingerprint density at radius 2 is 1.27 bits per heavy atom. The summed E-state index contributed by atoms with van der Waals surface area (Å²) in [6.45, 7) is 2.62. The van der Waals surface area contributed by atoms with Gasteiger partial charge in [-0.2, -0.15) is 0 Å². The van der Waals surface area contributed by atoms with Gasteiger partial charge in [-0.25, -0.2) is 9.59 Å². The van der Waals surface area contributed by atoms with Crippen LogP contribution in [0.25, 0.3) is 10.8 Å². The monoisotopic (exact) mass is 304 g/mol. The highest BCUT2D eigenvalue weighted by Crippen LogP contribution is 2.25. The van der Waals surface area contributed by atoms with Crippen molar-refractivity contribution in [3.8, 4) is 0 Å². The quantitative estimate of drug-likeness (QED) is 0.661. The van der Waals surface area contributed by atoms with Crippen molar-refractivity contribution in [1.29, 1.82) is 0 Å². The van der Waals surface area contributed by atoms with E-state index in [1.54, 1.807) is 24.3 Å². The molecule has 2 unspecified atom stereocenters. The van der Waals surface area contributed by atoms with Crippen molar-refractivity contribution >= 4 is 22.7 Å². The van der Waals surface area contributed by atoms with Crippen LogP contribution in [-0.4, -0.2) is 34.7 Å². The topological polar surface area (TPSA) is 93.1 Å². The van der Waals surface area contributed by atoms with Crippen LogP contribution in [0.4, 0.5) is 0 Å². The summed E-state index contributed by atoms with van der Waals surface area (Å²) in [6, 6.07) is 9.73. The third-order valence-electron chi connectivity index (χ3n) is 2.90. The van der Waals surface area contributed by atoms with Gasteiger partial charge in [-0.1, -0.05) is 24.3 Å². The molecule has 2 aromatic carbocycles. The van der Waals surface area contributed by atoms with Crippen molar-refractivity contribution in [3.63, 3.8) is 0 Å². The van der Waals surface area contributed by atoms with E-state index >= 15 is 0 Å². The lowest BCUT2D eigenvalue weighted by Gasteiger charge is -2.13. The number of carbonyl (C=O) groups is 2. The molecule has 0 radical (unpaired) electrons. The Balaban J connectivity index is 2.58. The zero-order valence-electron chi connectivity index (χ0n) is 12.1. The first-order valence-corrected chi connectivity index (χ1v) is 6.70. The molecule has 0 aliphatic carbocycles. The van der Waals surface area contributed by atoms with Gasteiger partial charge in [0.1, 0.15) is 0 Å². The minimum Gasteiger partial charge on any atom is -0.433 e. The minimum atomic E-state index is -1.26. The highest BCUT2D eigenvalue weighted by molar-refractivity contribution is 6.13. The van der Waals surface area contributed by atoms with Crippen molar-refractivity contribution in [2.45, 2.75) is 26.4 Å². The van der Waals surface area contributed by atoms with Crippen LogP contribution in [0.3, 0.4) is 0 Å². The number of aliphatic hydroxyl groups excluding tert-OH is 2. The number of esters is 2. The molecule has 0 bridgehead atoms. The molecule has 6 nitrogen and oxygen atoms in total. The molecule has 0 fully saturated rings. The third-order valence-corrected chi connectivity index (χ3v) is 2.90. The molecule has 22 heavy (non-hydrogen) atoms. The standard InChI is InChI=1S/C16H16O6/c1-9(17)21-15(19)12-7-3-5-11-6-4-8-13(14(11)12)16(20)22-10(2)18/h3-10,17-18H,1-2H3. The molecule has 0 amide bonds. The Kier molecular flexibility index (Phi) is 4.75. The molecule has 2 rings (SSSR count). The molecule has 2 aromatic rings. The lowest BCUT2D eigenvalue weighted by atomic mass is 9.99. The first-order valence-electron chi connectivity index (χ1n) is 6.70. The fraction of sp³-hybridized carbons (Fsp3) is 0.250. The van der Waals surface area contributed by atoms with E-state index in [9.17, 15) is 19.8 Å². The molecule has 2 N–H and O–H groups in total. The molecule has 0 saturated heterocycles. The van der Waals surface area contributed by atoms with Crippen LogP contribution in [0.15, 0.2) is 36.4 Å². The first kappa shape index (κ1) is 15.9. The van der Waals surface area contributed by atoms with Crippen LogP contribution in [-0.2, 0) is 9.47 Å². The molecule has 6 heteroatoms. The van der Waals surface area contributed by atoms with E-state index in [1.165, 1.54) is 26.0 Å². The van der Waals surface area contributed by atoms with Crippen molar-refractivity contribution in [2.24, 2.45) is 0 Å². The summed E-state index contributed by atoms with van der Waals surface area (Å²) in [6.07, 6.45) is -2.53. The number of benzene rings is 2. The van der Waals surface area contributed by atoms with Crippen LogP contribution in [0.2, 0.25) is 0 Å². The van der Waals surface area contributed by atoms with Gasteiger partial charge in [-0.3, -0.25) is 0 Å². The van der Waals surface area contributed by atoms with Crippen LogP contribution in [0.1, 0.15) is 34.6 Å². The molecular formula is C16H16O6. The van der Waals surface area contributed by atoms with Gasteiger partial charge in [0.25, 0.3) is 0 Å².